The normalized spacial score (nSPS) is 12.6. The second-order valence-corrected chi connectivity index (χ2v) is 3.49. The van der Waals surface area contributed by atoms with Gasteiger partial charge in [0.1, 0.15) is 5.75 Å². The summed E-state index contributed by atoms with van der Waals surface area (Å²) in [5.41, 5.74) is 6.89. The van der Waals surface area contributed by atoms with Crippen molar-refractivity contribution in [2.45, 2.75) is 13.0 Å². The van der Waals surface area contributed by atoms with Crippen molar-refractivity contribution in [1.82, 2.24) is 0 Å². The Kier molecular flexibility index (Phi) is 3.75. The van der Waals surface area contributed by atoms with Crippen molar-refractivity contribution in [1.29, 1.82) is 0 Å². The zero-order chi connectivity index (χ0) is 10.7. The van der Waals surface area contributed by atoms with E-state index in [9.17, 15) is 5.11 Å². The molecular formula is C10H14ClNO2. The SMILES string of the molecule is COc1cc(C(O)CN)cc(Cl)c1C. The number of hydrogen-bond donors (Lipinski definition) is 2. The highest BCUT2D eigenvalue weighted by Gasteiger charge is 2.11. The predicted molar refractivity (Wildman–Crippen MR) is 56.8 cm³/mol. The number of methoxy groups -OCH3 is 1. The molecule has 1 aromatic rings. The van der Waals surface area contributed by atoms with Gasteiger partial charge in [-0.25, -0.2) is 0 Å². The van der Waals surface area contributed by atoms with Gasteiger partial charge < -0.3 is 15.6 Å². The Bertz CT molecular complexity index is 328. The molecule has 0 fully saturated rings. The molecule has 0 saturated heterocycles. The lowest BCUT2D eigenvalue weighted by Crippen LogP contribution is -2.11. The molecule has 78 valence electrons. The van der Waals surface area contributed by atoms with Crippen molar-refractivity contribution in [2.24, 2.45) is 5.73 Å². The Hall–Kier alpha value is -0.770. The molecule has 0 aliphatic rings. The van der Waals surface area contributed by atoms with Gasteiger partial charge in [-0.1, -0.05) is 11.6 Å². The number of aliphatic hydroxyl groups excluding tert-OH is 1. The van der Waals surface area contributed by atoms with Crippen LogP contribution in [-0.4, -0.2) is 18.8 Å². The first-order valence-electron chi connectivity index (χ1n) is 4.32. The summed E-state index contributed by atoms with van der Waals surface area (Å²) in [5.74, 6) is 0.667. The maximum Gasteiger partial charge on any atom is 0.123 e. The number of ether oxygens (including phenoxy) is 1. The Morgan fingerprint density at radius 1 is 1.57 bits per heavy atom. The van der Waals surface area contributed by atoms with Gasteiger partial charge in [-0.05, 0) is 24.6 Å². The van der Waals surface area contributed by atoms with Gasteiger partial charge in [0.25, 0.3) is 0 Å². The fourth-order valence-electron chi connectivity index (χ4n) is 1.21. The van der Waals surface area contributed by atoms with Crippen LogP contribution in [0.2, 0.25) is 5.02 Å². The summed E-state index contributed by atoms with van der Waals surface area (Å²) in [6.45, 7) is 2.03. The quantitative estimate of drug-likeness (QED) is 0.806. The second-order valence-electron chi connectivity index (χ2n) is 3.08. The van der Waals surface area contributed by atoms with Crippen LogP contribution in [0.5, 0.6) is 5.75 Å². The molecule has 0 bridgehead atoms. The van der Waals surface area contributed by atoms with Gasteiger partial charge in [0.15, 0.2) is 0 Å². The molecule has 0 spiro atoms. The van der Waals surface area contributed by atoms with Crippen LogP contribution in [0.3, 0.4) is 0 Å². The number of rotatable bonds is 3. The molecule has 1 unspecified atom stereocenters. The van der Waals surface area contributed by atoms with Crippen molar-refractivity contribution in [3.63, 3.8) is 0 Å². The summed E-state index contributed by atoms with van der Waals surface area (Å²) in [5, 5.41) is 10.1. The number of aliphatic hydroxyl groups is 1. The average Bonchev–Trinajstić information content (AvgIpc) is 2.20. The topological polar surface area (TPSA) is 55.5 Å². The third kappa shape index (κ3) is 2.18. The first-order valence-corrected chi connectivity index (χ1v) is 4.70. The summed E-state index contributed by atoms with van der Waals surface area (Å²) in [6, 6.07) is 3.45. The fourth-order valence-corrected chi connectivity index (χ4v) is 1.43. The number of hydrogen-bond acceptors (Lipinski definition) is 3. The number of benzene rings is 1. The lowest BCUT2D eigenvalue weighted by atomic mass is 10.1. The second kappa shape index (κ2) is 4.64. The first-order chi connectivity index (χ1) is 6.60. The third-order valence-corrected chi connectivity index (χ3v) is 2.54. The molecule has 0 aliphatic carbocycles. The molecule has 1 atom stereocenters. The van der Waals surface area contributed by atoms with E-state index < -0.39 is 6.10 Å². The molecule has 0 heterocycles. The van der Waals surface area contributed by atoms with Crippen LogP contribution >= 0.6 is 11.6 Å². The molecule has 14 heavy (non-hydrogen) atoms. The fraction of sp³-hybridized carbons (Fsp3) is 0.400. The average molecular weight is 216 g/mol. The molecule has 3 nitrogen and oxygen atoms in total. The maximum absolute atomic E-state index is 9.53. The molecule has 0 saturated carbocycles. The smallest absolute Gasteiger partial charge is 0.123 e. The minimum absolute atomic E-state index is 0.169. The van der Waals surface area contributed by atoms with Gasteiger partial charge in [0, 0.05) is 17.1 Å². The summed E-state index contributed by atoms with van der Waals surface area (Å²) < 4.78 is 5.12. The molecule has 1 aromatic carbocycles. The van der Waals surface area contributed by atoms with Crippen LogP contribution in [0.1, 0.15) is 17.2 Å². The van der Waals surface area contributed by atoms with E-state index in [0.717, 1.165) is 5.56 Å². The van der Waals surface area contributed by atoms with Crippen molar-refractivity contribution < 1.29 is 9.84 Å². The number of halogens is 1. The Morgan fingerprint density at radius 3 is 2.71 bits per heavy atom. The van der Waals surface area contributed by atoms with Crippen LogP contribution in [0.15, 0.2) is 12.1 Å². The van der Waals surface area contributed by atoms with Gasteiger partial charge in [-0.2, -0.15) is 0 Å². The van der Waals surface area contributed by atoms with Crippen molar-refractivity contribution >= 4 is 11.6 Å². The van der Waals surface area contributed by atoms with Crippen molar-refractivity contribution in [3.05, 3.63) is 28.3 Å². The van der Waals surface area contributed by atoms with Gasteiger partial charge in [-0.15, -0.1) is 0 Å². The molecule has 3 N–H and O–H groups in total. The van der Waals surface area contributed by atoms with Gasteiger partial charge in [0.05, 0.1) is 13.2 Å². The predicted octanol–water partition coefficient (Wildman–Crippen LogP) is 1.65. The Morgan fingerprint density at radius 2 is 2.21 bits per heavy atom. The Balaban J connectivity index is 3.16. The lowest BCUT2D eigenvalue weighted by Gasteiger charge is -2.13. The highest BCUT2D eigenvalue weighted by atomic mass is 35.5. The van der Waals surface area contributed by atoms with Crippen LogP contribution in [0.25, 0.3) is 0 Å². The third-order valence-electron chi connectivity index (χ3n) is 2.15. The van der Waals surface area contributed by atoms with E-state index in [1.54, 1.807) is 19.2 Å². The molecule has 1 rings (SSSR count). The van der Waals surface area contributed by atoms with Crippen LogP contribution < -0.4 is 10.5 Å². The van der Waals surface area contributed by atoms with E-state index in [1.165, 1.54) is 0 Å². The Labute approximate surface area is 88.4 Å². The van der Waals surface area contributed by atoms with Crippen molar-refractivity contribution in [2.75, 3.05) is 13.7 Å². The maximum atomic E-state index is 9.53. The molecule has 0 aromatic heterocycles. The zero-order valence-electron chi connectivity index (χ0n) is 8.25. The van der Waals surface area contributed by atoms with Gasteiger partial charge in [-0.3, -0.25) is 0 Å². The van der Waals surface area contributed by atoms with E-state index in [4.69, 9.17) is 22.1 Å². The highest BCUT2D eigenvalue weighted by molar-refractivity contribution is 6.31. The zero-order valence-corrected chi connectivity index (χ0v) is 9.01. The standard InChI is InChI=1S/C10H14ClNO2/c1-6-8(11)3-7(9(13)5-12)4-10(6)14-2/h3-4,9,13H,5,12H2,1-2H3. The first kappa shape index (κ1) is 11.3. The molecule has 4 heteroatoms. The van der Waals surface area contributed by atoms with E-state index in [1.807, 2.05) is 6.92 Å². The largest absolute Gasteiger partial charge is 0.496 e. The van der Waals surface area contributed by atoms with E-state index in [0.29, 0.717) is 16.3 Å². The van der Waals surface area contributed by atoms with Crippen molar-refractivity contribution in [3.8, 4) is 5.75 Å². The van der Waals surface area contributed by atoms with Crippen LogP contribution in [-0.2, 0) is 0 Å². The van der Waals surface area contributed by atoms with Crippen LogP contribution in [0.4, 0.5) is 0 Å². The number of nitrogens with two attached hydrogens (primary N) is 1. The monoisotopic (exact) mass is 215 g/mol. The van der Waals surface area contributed by atoms with Gasteiger partial charge >= 0.3 is 0 Å². The van der Waals surface area contributed by atoms with E-state index >= 15 is 0 Å². The van der Waals surface area contributed by atoms with Gasteiger partial charge in [0.2, 0.25) is 0 Å². The lowest BCUT2D eigenvalue weighted by molar-refractivity contribution is 0.186. The summed E-state index contributed by atoms with van der Waals surface area (Å²) in [6.07, 6.45) is -0.693. The summed E-state index contributed by atoms with van der Waals surface area (Å²) >= 11 is 5.97. The minimum atomic E-state index is -0.693. The molecule has 0 aliphatic heterocycles. The minimum Gasteiger partial charge on any atom is -0.496 e. The van der Waals surface area contributed by atoms with E-state index in [2.05, 4.69) is 0 Å². The highest BCUT2D eigenvalue weighted by Crippen LogP contribution is 2.29. The molecule has 0 radical (unpaired) electrons. The summed E-state index contributed by atoms with van der Waals surface area (Å²) in [7, 11) is 1.57. The van der Waals surface area contributed by atoms with E-state index in [-0.39, 0.29) is 6.54 Å². The summed E-state index contributed by atoms with van der Waals surface area (Å²) in [4.78, 5) is 0. The molecular weight excluding hydrogens is 202 g/mol. The molecule has 0 amide bonds. The van der Waals surface area contributed by atoms with Crippen LogP contribution in [0, 0.1) is 6.92 Å².